The van der Waals surface area contributed by atoms with Crippen LogP contribution in [0.15, 0.2) is 149 Å². The Kier molecular flexibility index (Phi) is 17.2. The minimum Gasteiger partial charge on any atom is -0.507 e. The van der Waals surface area contributed by atoms with Gasteiger partial charge in [-0.2, -0.15) is 0 Å². The number of hydrogen-bond donors (Lipinski definition) is 3. The molecule has 0 saturated carbocycles. The third-order valence-electron chi connectivity index (χ3n) is 10.2. The van der Waals surface area contributed by atoms with Crippen LogP contribution in [0.3, 0.4) is 0 Å². The van der Waals surface area contributed by atoms with E-state index in [1.807, 2.05) is 128 Å². The molecule has 4 N–H and O–H groups in total. The van der Waals surface area contributed by atoms with Gasteiger partial charge in [0.25, 0.3) is 0 Å². The molecular formula is C56H62N2O8. The Morgan fingerprint density at radius 2 is 1.15 bits per heavy atom. The summed E-state index contributed by atoms with van der Waals surface area (Å²) in [7, 11) is 0. The first-order valence-corrected chi connectivity index (χ1v) is 22.2. The van der Waals surface area contributed by atoms with Gasteiger partial charge >= 0.3 is 17.6 Å². The number of hydrogen-bond acceptors (Lipinski definition) is 9. The van der Waals surface area contributed by atoms with Crippen LogP contribution in [0.25, 0.3) is 38.6 Å². The van der Waals surface area contributed by atoms with Crippen molar-refractivity contribution in [1.29, 1.82) is 0 Å². The number of aryl methyl sites for hydroxylation is 2. The molecule has 66 heavy (non-hydrogen) atoms. The smallest absolute Gasteiger partial charge is 0.336 e. The van der Waals surface area contributed by atoms with Gasteiger partial charge < -0.3 is 30.0 Å². The molecule has 2 atom stereocenters. The second kappa shape index (κ2) is 22.7. The molecule has 7 rings (SSSR count). The molecule has 1 aromatic heterocycles. The van der Waals surface area contributed by atoms with Crippen LogP contribution < -0.4 is 16.7 Å². The summed E-state index contributed by atoms with van der Waals surface area (Å²) in [6.45, 7) is 15.0. The summed E-state index contributed by atoms with van der Waals surface area (Å²) in [6, 6.07) is 42.5. The molecule has 1 heterocycles. The average Bonchev–Trinajstić information content (AvgIpc) is 3.26. The van der Waals surface area contributed by atoms with Crippen molar-refractivity contribution in [3.8, 4) is 5.75 Å². The van der Waals surface area contributed by atoms with Crippen molar-refractivity contribution < 1.29 is 33.4 Å². The molecule has 0 aliphatic heterocycles. The number of carbonyl (C=O) groups excluding carboxylic acids is 3. The molecule has 6 aromatic carbocycles. The Bertz CT molecular complexity index is 2850. The van der Waals surface area contributed by atoms with E-state index in [0.717, 1.165) is 32.8 Å². The second-order valence-electron chi connectivity index (χ2n) is 18.2. The molecule has 0 bridgehead atoms. The van der Waals surface area contributed by atoms with Crippen molar-refractivity contribution >= 4 is 56.4 Å². The zero-order valence-corrected chi connectivity index (χ0v) is 39.2. The SMILES string of the molecule is CC(C)(C)OC(=O)CCc1ccc2ccc(=O)oc2c1.CC(N)c1cccc2ccccc12.CC(NC(=O)/C=C/c1ccc(CCC(=O)OC(C)(C)C)cc1O)c1cccc2ccccc12. The normalized spacial score (nSPS) is 12.4. The number of aromatic hydroxyl groups is 1. The van der Waals surface area contributed by atoms with Gasteiger partial charge in [0.15, 0.2) is 0 Å². The van der Waals surface area contributed by atoms with Gasteiger partial charge in [-0.25, -0.2) is 4.79 Å². The average molecular weight is 891 g/mol. The van der Waals surface area contributed by atoms with E-state index in [1.165, 1.54) is 28.5 Å². The summed E-state index contributed by atoms with van der Waals surface area (Å²) in [4.78, 5) is 47.2. The Balaban J connectivity index is 0.000000208. The van der Waals surface area contributed by atoms with E-state index in [1.54, 1.807) is 30.3 Å². The van der Waals surface area contributed by atoms with Crippen molar-refractivity contribution in [2.75, 3.05) is 0 Å². The summed E-state index contributed by atoms with van der Waals surface area (Å²) in [5, 5.41) is 18.9. The molecule has 0 spiro atoms. The predicted molar refractivity (Wildman–Crippen MR) is 265 cm³/mol. The summed E-state index contributed by atoms with van der Waals surface area (Å²) >= 11 is 0. The van der Waals surface area contributed by atoms with E-state index in [2.05, 4.69) is 35.6 Å². The number of carbonyl (C=O) groups is 3. The number of ether oxygens (including phenoxy) is 2. The quantitative estimate of drug-likeness (QED) is 0.0653. The van der Waals surface area contributed by atoms with E-state index in [4.69, 9.17) is 19.6 Å². The third-order valence-corrected chi connectivity index (χ3v) is 10.2. The predicted octanol–water partition coefficient (Wildman–Crippen LogP) is 11.6. The van der Waals surface area contributed by atoms with Crippen LogP contribution in [0.1, 0.15) is 108 Å². The first-order chi connectivity index (χ1) is 31.2. The minimum absolute atomic E-state index is 0.0582. The number of phenolic OH excluding ortho intramolecular Hbond substituents is 1. The summed E-state index contributed by atoms with van der Waals surface area (Å²) in [6.07, 6.45) is 4.56. The number of nitrogens with one attached hydrogen (secondary N) is 1. The molecule has 0 saturated heterocycles. The van der Waals surface area contributed by atoms with Crippen LogP contribution >= 0.6 is 0 Å². The zero-order chi connectivity index (χ0) is 48.0. The number of amides is 1. The summed E-state index contributed by atoms with van der Waals surface area (Å²) in [5.74, 6) is -0.693. The highest BCUT2D eigenvalue weighted by atomic mass is 16.6. The van der Waals surface area contributed by atoms with Crippen LogP contribution in [-0.2, 0) is 36.7 Å². The first-order valence-electron chi connectivity index (χ1n) is 22.2. The Labute approximate surface area is 387 Å². The largest absolute Gasteiger partial charge is 0.507 e. The van der Waals surface area contributed by atoms with Crippen molar-refractivity contribution in [1.82, 2.24) is 5.32 Å². The molecule has 0 aliphatic rings. The highest BCUT2D eigenvalue weighted by Gasteiger charge is 2.18. The fourth-order valence-corrected chi connectivity index (χ4v) is 7.20. The molecule has 1 amide bonds. The van der Waals surface area contributed by atoms with E-state index in [0.29, 0.717) is 30.4 Å². The van der Waals surface area contributed by atoms with Crippen molar-refractivity contribution in [3.05, 3.63) is 178 Å². The molecule has 7 aromatic rings. The third kappa shape index (κ3) is 15.6. The van der Waals surface area contributed by atoms with Crippen molar-refractivity contribution in [2.45, 2.75) is 104 Å². The topological polar surface area (TPSA) is 158 Å². The van der Waals surface area contributed by atoms with E-state index in [9.17, 15) is 24.3 Å². The van der Waals surface area contributed by atoms with Gasteiger partial charge in [0, 0.05) is 42.0 Å². The molecule has 0 fully saturated rings. The molecule has 0 radical (unpaired) electrons. The van der Waals surface area contributed by atoms with Gasteiger partial charge in [0.1, 0.15) is 22.5 Å². The van der Waals surface area contributed by atoms with E-state index < -0.39 is 11.2 Å². The van der Waals surface area contributed by atoms with Crippen LogP contribution in [0.2, 0.25) is 0 Å². The van der Waals surface area contributed by atoms with Crippen molar-refractivity contribution in [2.24, 2.45) is 5.73 Å². The Morgan fingerprint density at radius 1 is 0.652 bits per heavy atom. The number of fused-ring (bicyclic) bond motifs is 3. The molecule has 0 aliphatic carbocycles. The summed E-state index contributed by atoms with van der Waals surface area (Å²) in [5.41, 5.74) is 9.63. The monoisotopic (exact) mass is 890 g/mol. The minimum atomic E-state index is -0.514. The van der Waals surface area contributed by atoms with Crippen molar-refractivity contribution in [3.63, 3.8) is 0 Å². The maximum absolute atomic E-state index is 12.5. The zero-order valence-electron chi connectivity index (χ0n) is 39.2. The fraction of sp³-hybridized carbons (Fsp3) is 0.286. The van der Waals surface area contributed by atoms with Gasteiger partial charge in [-0.15, -0.1) is 0 Å². The van der Waals surface area contributed by atoms with Gasteiger partial charge in [0.2, 0.25) is 5.91 Å². The van der Waals surface area contributed by atoms with Gasteiger partial charge in [0.05, 0.1) is 6.04 Å². The van der Waals surface area contributed by atoms with Crippen LogP contribution in [0.5, 0.6) is 5.75 Å². The number of esters is 2. The van der Waals surface area contributed by atoms with Gasteiger partial charge in [-0.3, -0.25) is 14.4 Å². The molecule has 10 nitrogen and oxygen atoms in total. The van der Waals surface area contributed by atoms with Gasteiger partial charge in [-0.05, 0) is 136 Å². The van der Waals surface area contributed by atoms with Gasteiger partial charge in [-0.1, -0.05) is 109 Å². The van der Waals surface area contributed by atoms with E-state index >= 15 is 0 Å². The van der Waals surface area contributed by atoms with Crippen LogP contribution in [0, 0.1) is 0 Å². The summed E-state index contributed by atoms with van der Waals surface area (Å²) < 4.78 is 15.7. The lowest BCUT2D eigenvalue weighted by molar-refractivity contribution is -0.155. The lowest BCUT2D eigenvalue weighted by Gasteiger charge is -2.19. The molecule has 344 valence electrons. The number of phenols is 1. The molecule has 2 unspecified atom stereocenters. The number of nitrogens with two attached hydrogens (primary N) is 1. The highest BCUT2D eigenvalue weighted by molar-refractivity contribution is 5.93. The maximum Gasteiger partial charge on any atom is 0.336 e. The van der Waals surface area contributed by atoms with Crippen LogP contribution in [-0.4, -0.2) is 34.2 Å². The Morgan fingerprint density at radius 3 is 1.71 bits per heavy atom. The lowest BCUT2D eigenvalue weighted by Crippen LogP contribution is -2.24. The van der Waals surface area contributed by atoms with Crippen LogP contribution in [0.4, 0.5) is 0 Å². The second-order valence-corrected chi connectivity index (χ2v) is 18.2. The van der Waals surface area contributed by atoms with E-state index in [-0.39, 0.29) is 47.7 Å². The first kappa shape index (κ1) is 50.0. The molecular weight excluding hydrogens is 829 g/mol. The fourth-order valence-electron chi connectivity index (χ4n) is 7.20. The number of rotatable bonds is 11. The lowest BCUT2D eigenvalue weighted by atomic mass is 9.99. The molecule has 10 heteroatoms. The Hall–Kier alpha value is -7.04. The number of benzene rings is 6. The highest BCUT2D eigenvalue weighted by Crippen LogP contribution is 2.26. The standard InChI is InChI=1S/C28H31NO4.C16H18O4.C12H13N/c1-19(23-11-7-9-21-8-5-6-10-24(21)23)29-26(31)16-15-22-14-12-20(18-25(22)30)13-17-27(32)33-28(2,3)4;1-16(2,3)20-15(18)8-5-11-4-6-12-7-9-14(17)19-13(12)10-11;1-9(13)11-8-4-6-10-5-2-3-7-12(10)11/h5-12,14-16,18-19,30H,13,17H2,1-4H3,(H,29,31);4,6-7,9-10H,5,8H2,1-3H3;2-9H,13H2,1H3/b16-15+;;. The maximum atomic E-state index is 12.5.